The Hall–Kier alpha value is -3.60. The summed E-state index contributed by atoms with van der Waals surface area (Å²) in [6.07, 6.45) is 0. The van der Waals surface area contributed by atoms with Crippen LogP contribution in [0.1, 0.15) is 31.8 Å². The van der Waals surface area contributed by atoms with Gasteiger partial charge >= 0.3 is 0 Å². The van der Waals surface area contributed by atoms with Crippen LogP contribution in [0.15, 0.2) is 66.7 Å². The molecule has 0 radical (unpaired) electrons. The molecule has 3 aromatic rings. The second-order valence-corrected chi connectivity index (χ2v) is 6.51. The van der Waals surface area contributed by atoms with Gasteiger partial charge in [-0.15, -0.1) is 0 Å². The lowest BCUT2D eigenvalue weighted by atomic mass is 10.1. The monoisotopic (exact) mass is 374 g/mol. The highest BCUT2D eigenvalue weighted by Crippen LogP contribution is 2.29. The number of aryl methyl sites for hydroxylation is 2. The van der Waals surface area contributed by atoms with Crippen LogP contribution in [0.2, 0.25) is 0 Å². The average Bonchev–Trinajstić information content (AvgIpc) is 2.68. The minimum Gasteiger partial charge on any atom is -0.495 e. The molecule has 0 heterocycles. The number of methoxy groups -OCH3 is 1. The highest BCUT2D eigenvalue weighted by molar-refractivity contribution is 6.07. The van der Waals surface area contributed by atoms with Crippen LogP contribution in [-0.4, -0.2) is 18.9 Å². The van der Waals surface area contributed by atoms with E-state index in [-0.39, 0.29) is 11.8 Å². The number of hydrogen-bond donors (Lipinski definition) is 2. The normalized spacial score (nSPS) is 10.2. The van der Waals surface area contributed by atoms with Gasteiger partial charge in [0, 0.05) is 16.8 Å². The zero-order chi connectivity index (χ0) is 20.1. The summed E-state index contributed by atoms with van der Waals surface area (Å²) in [7, 11) is 1.53. The third-order valence-corrected chi connectivity index (χ3v) is 4.38. The molecule has 2 amide bonds. The fourth-order valence-electron chi connectivity index (χ4n) is 2.89. The lowest BCUT2D eigenvalue weighted by Crippen LogP contribution is -2.15. The first-order valence-corrected chi connectivity index (χ1v) is 8.91. The van der Waals surface area contributed by atoms with Crippen molar-refractivity contribution in [2.45, 2.75) is 13.8 Å². The minimum absolute atomic E-state index is 0.218. The molecule has 0 fully saturated rings. The van der Waals surface area contributed by atoms with Crippen molar-refractivity contribution in [2.75, 3.05) is 17.7 Å². The summed E-state index contributed by atoms with van der Waals surface area (Å²) in [5.41, 5.74) is 4.08. The Labute approximate surface area is 164 Å². The highest BCUT2D eigenvalue weighted by Gasteiger charge is 2.13. The number of carbonyl (C=O) groups is 2. The predicted molar refractivity (Wildman–Crippen MR) is 111 cm³/mol. The van der Waals surface area contributed by atoms with Crippen molar-refractivity contribution < 1.29 is 14.3 Å². The van der Waals surface area contributed by atoms with Gasteiger partial charge in [0.1, 0.15) is 5.75 Å². The summed E-state index contributed by atoms with van der Waals surface area (Å²) in [4.78, 5) is 25.1. The van der Waals surface area contributed by atoms with E-state index in [9.17, 15) is 9.59 Å². The van der Waals surface area contributed by atoms with Crippen LogP contribution in [0, 0.1) is 13.8 Å². The molecule has 3 rings (SSSR count). The number of hydrogen-bond acceptors (Lipinski definition) is 3. The average molecular weight is 374 g/mol. The molecule has 0 atom stereocenters. The first-order valence-electron chi connectivity index (χ1n) is 8.91. The van der Waals surface area contributed by atoms with E-state index in [1.807, 2.05) is 50.2 Å². The van der Waals surface area contributed by atoms with E-state index in [2.05, 4.69) is 10.6 Å². The predicted octanol–water partition coefficient (Wildman–Crippen LogP) is 4.82. The number of nitrogens with one attached hydrogen (secondary N) is 2. The zero-order valence-corrected chi connectivity index (χ0v) is 16.1. The number of benzene rings is 3. The van der Waals surface area contributed by atoms with Crippen LogP contribution in [0.25, 0.3) is 0 Å². The van der Waals surface area contributed by atoms with Gasteiger partial charge in [-0.05, 0) is 55.8 Å². The molecule has 0 aliphatic rings. The molecule has 0 bridgehead atoms. The second kappa shape index (κ2) is 8.39. The molecular weight excluding hydrogens is 352 g/mol. The summed E-state index contributed by atoms with van der Waals surface area (Å²) < 4.78 is 5.35. The molecule has 0 saturated heterocycles. The van der Waals surface area contributed by atoms with Crippen molar-refractivity contribution in [3.8, 4) is 5.75 Å². The van der Waals surface area contributed by atoms with E-state index in [0.29, 0.717) is 28.3 Å². The van der Waals surface area contributed by atoms with Gasteiger partial charge in [-0.25, -0.2) is 0 Å². The van der Waals surface area contributed by atoms with Crippen molar-refractivity contribution in [3.05, 3.63) is 89.0 Å². The summed E-state index contributed by atoms with van der Waals surface area (Å²) in [6, 6.07) is 19.8. The first kappa shape index (κ1) is 19.2. The maximum absolute atomic E-state index is 12.6. The Morgan fingerprint density at radius 1 is 0.821 bits per heavy atom. The van der Waals surface area contributed by atoms with Crippen LogP contribution < -0.4 is 15.4 Å². The molecule has 0 unspecified atom stereocenters. The Balaban J connectivity index is 1.83. The smallest absolute Gasteiger partial charge is 0.256 e. The quantitative estimate of drug-likeness (QED) is 0.673. The Morgan fingerprint density at radius 3 is 2.32 bits per heavy atom. The molecule has 5 heteroatoms. The molecule has 3 aromatic carbocycles. The molecule has 142 valence electrons. The second-order valence-electron chi connectivity index (χ2n) is 6.51. The van der Waals surface area contributed by atoms with E-state index in [1.165, 1.54) is 7.11 Å². The number of ether oxygens (including phenoxy) is 1. The number of rotatable bonds is 5. The summed E-state index contributed by atoms with van der Waals surface area (Å²) in [5.74, 6) is 0.0547. The lowest BCUT2D eigenvalue weighted by molar-refractivity contribution is 0.101. The number of anilines is 2. The lowest BCUT2D eigenvalue weighted by Gasteiger charge is -2.14. The van der Waals surface area contributed by atoms with Gasteiger partial charge in [-0.3, -0.25) is 9.59 Å². The number of amides is 2. The largest absolute Gasteiger partial charge is 0.495 e. The molecule has 0 spiro atoms. The van der Waals surface area contributed by atoms with Crippen molar-refractivity contribution >= 4 is 23.2 Å². The molecule has 2 N–H and O–H groups in total. The van der Waals surface area contributed by atoms with Crippen molar-refractivity contribution in [1.82, 2.24) is 0 Å². The van der Waals surface area contributed by atoms with Crippen LogP contribution in [-0.2, 0) is 0 Å². The third kappa shape index (κ3) is 4.38. The zero-order valence-electron chi connectivity index (χ0n) is 16.1. The van der Waals surface area contributed by atoms with E-state index in [4.69, 9.17) is 4.74 Å². The van der Waals surface area contributed by atoms with Gasteiger partial charge < -0.3 is 15.4 Å². The molecule has 5 nitrogen and oxygen atoms in total. The van der Waals surface area contributed by atoms with Gasteiger partial charge in [0.2, 0.25) is 0 Å². The van der Waals surface area contributed by atoms with Crippen LogP contribution in [0.5, 0.6) is 5.75 Å². The standard InChI is InChI=1S/C23H22N2O3/c1-15-7-6-9-17(13-15)22(26)24-18-11-12-21(28-3)20(14-18)25-23(27)19-10-5-4-8-16(19)2/h4-14H,1-3H3,(H,24,26)(H,25,27). The summed E-state index contributed by atoms with van der Waals surface area (Å²) >= 11 is 0. The van der Waals surface area contributed by atoms with E-state index < -0.39 is 0 Å². The maximum Gasteiger partial charge on any atom is 0.256 e. The van der Waals surface area contributed by atoms with E-state index >= 15 is 0 Å². The van der Waals surface area contributed by atoms with Crippen molar-refractivity contribution in [1.29, 1.82) is 0 Å². The summed E-state index contributed by atoms with van der Waals surface area (Å²) in [6.45, 7) is 3.81. The van der Waals surface area contributed by atoms with E-state index in [1.54, 1.807) is 30.3 Å². The molecule has 28 heavy (non-hydrogen) atoms. The maximum atomic E-state index is 12.6. The topological polar surface area (TPSA) is 67.4 Å². The molecular formula is C23H22N2O3. The van der Waals surface area contributed by atoms with Crippen molar-refractivity contribution in [3.63, 3.8) is 0 Å². The summed E-state index contributed by atoms with van der Waals surface area (Å²) in [5, 5.41) is 5.72. The third-order valence-electron chi connectivity index (χ3n) is 4.38. The van der Waals surface area contributed by atoms with Gasteiger partial charge in [-0.2, -0.15) is 0 Å². The Bertz CT molecular complexity index is 1030. The van der Waals surface area contributed by atoms with Crippen LogP contribution >= 0.6 is 0 Å². The van der Waals surface area contributed by atoms with Gasteiger partial charge in [-0.1, -0.05) is 35.9 Å². The van der Waals surface area contributed by atoms with Crippen LogP contribution in [0.3, 0.4) is 0 Å². The van der Waals surface area contributed by atoms with E-state index in [0.717, 1.165) is 11.1 Å². The number of carbonyl (C=O) groups excluding carboxylic acids is 2. The molecule has 0 aliphatic carbocycles. The Morgan fingerprint density at radius 2 is 1.61 bits per heavy atom. The molecule has 0 saturated carbocycles. The minimum atomic E-state index is -0.237. The Kier molecular flexibility index (Phi) is 5.75. The van der Waals surface area contributed by atoms with Gasteiger partial charge in [0.05, 0.1) is 12.8 Å². The SMILES string of the molecule is COc1ccc(NC(=O)c2cccc(C)c2)cc1NC(=O)c1ccccc1C. The fourth-order valence-corrected chi connectivity index (χ4v) is 2.89. The molecule has 0 aromatic heterocycles. The van der Waals surface area contributed by atoms with Gasteiger partial charge in [0.25, 0.3) is 11.8 Å². The van der Waals surface area contributed by atoms with Crippen molar-refractivity contribution in [2.24, 2.45) is 0 Å². The highest BCUT2D eigenvalue weighted by atomic mass is 16.5. The van der Waals surface area contributed by atoms with Crippen LogP contribution in [0.4, 0.5) is 11.4 Å². The molecule has 0 aliphatic heterocycles. The fraction of sp³-hybridized carbons (Fsp3) is 0.130. The first-order chi connectivity index (χ1) is 13.5. The van der Waals surface area contributed by atoms with Gasteiger partial charge in [0.15, 0.2) is 0 Å².